The smallest absolute Gasteiger partial charge is 0.128 e. The van der Waals surface area contributed by atoms with Gasteiger partial charge < -0.3 is 9.80 Å². The molecule has 0 aromatic carbocycles. The fourth-order valence-electron chi connectivity index (χ4n) is 1.83. The van der Waals surface area contributed by atoms with Crippen LogP contribution < -0.4 is 4.90 Å². The van der Waals surface area contributed by atoms with Crippen molar-refractivity contribution >= 4 is 17.4 Å². The molecule has 1 heterocycles. The summed E-state index contributed by atoms with van der Waals surface area (Å²) in [6.45, 7) is 7.31. The maximum absolute atomic E-state index is 5.87. The van der Waals surface area contributed by atoms with Crippen LogP contribution in [0.15, 0.2) is 12.1 Å². The van der Waals surface area contributed by atoms with Gasteiger partial charge >= 0.3 is 0 Å². The second-order valence-electron chi connectivity index (χ2n) is 4.84. The summed E-state index contributed by atoms with van der Waals surface area (Å²) in [7, 11) is 4.19. The summed E-state index contributed by atoms with van der Waals surface area (Å²) in [5.41, 5.74) is 2.15. The molecule has 0 saturated carbocycles. The molecule has 0 atom stereocenters. The number of aryl methyl sites for hydroxylation is 1. The fraction of sp³-hybridized carbons (Fsp3) is 0.643. The Bertz CT molecular complexity index is 366. The molecule has 0 N–H and O–H groups in total. The van der Waals surface area contributed by atoms with Crippen molar-refractivity contribution in [3.05, 3.63) is 23.4 Å². The molecule has 0 aliphatic rings. The third-order valence-corrected chi connectivity index (χ3v) is 3.25. The van der Waals surface area contributed by atoms with E-state index < -0.39 is 0 Å². The average Bonchev–Trinajstić information content (AvgIpc) is 2.34. The van der Waals surface area contributed by atoms with E-state index in [1.807, 2.05) is 6.92 Å². The van der Waals surface area contributed by atoms with E-state index in [9.17, 15) is 0 Å². The van der Waals surface area contributed by atoms with Gasteiger partial charge in [0, 0.05) is 31.2 Å². The Hall–Kier alpha value is -0.800. The normalized spacial score (nSPS) is 11.0. The molecule has 1 rings (SSSR count). The lowest BCUT2D eigenvalue weighted by molar-refractivity contribution is 0.412. The molecule has 0 saturated heterocycles. The molecule has 0 bridgehead atoms. The molecule has 3 nitrogen and oxygen atoms in total. The minimum atomic E-state index is 0.532. The highest BCUT2D eigenvalue weighted by Gasteiger charge is 2.09. The number of rotatable bonds is 7. The summed E-state index contributed by atoms with van der Waals surface area (Å²) >= 11 is 5.87. The lowest BCUT2D eigenvalue weighted by atomic mass is 10.2. The summed E-state index contributed by atoms with van der Waals surface area (Å²) in [5.74, 6) is 1.59. The number of halogens is 1. The molecular formula is C14H24ClN3. The van der Waals surface area contributed by atoms with Crippen LogP contribution in [0.1, 0.15) is 24.6 Å². The van der Waals surface area contributed by atoms with Gasteiger partial charge in [0.25, 0.3) is 0 Å². The molecule has 0 aliphatic heterocycles. The van der Waals surface area contributed by atoms with E-state index in [0.29, 0.717) is 5.88 Å². The van der Waals surface area contributed by atoms with E-state index in [4.69, 9.17) is 11.6 Å². The number of alkyl halides is 1. The molecule has 0 unspecified atom stereocenters. The monoisotopic (exact) mass is 269 g/mol. The van der Waals surface area contributed by atoms with Crippen LogP contribution in [0.3, 0.4) is 0 Å². The van der Waals surface area contributed by atoms with E-state index in [2.05, 4.69) is 47.9 Å². The molecule has 4 heteroatoms. The first kappa shape index (κ1) is 15.3. The Morgan fingerprint density at radius 2 is 1.89 bits per heavy atom. The van der Waals surface area contributed by atoms with Gasteiger partial charge in [0.05, 0.1) is 0 Å². The number of nitrogens with zero attached hydrogens (tertiary/aromatic N) is 3. The lowest BCUT2D eigenvalue weighted by Gasteiger charge is -2.25. The summed E-state index contributed by atoms with van der Waals surface area (Å²) in [5, 5.41) is 0. The Morgan fingerprint density at radius 3 is 2.39 bits per heavy atom. The zero-order chi connectivity index (χ0) is 13.5. The molecule has 18 heavy (non-hydrogen) atoms. The van der Waals surface area contributed by atoms with Crippen LogP contribution >= 0.6 is 11.6 Å². The van der Waals surface area contributed by atoms with Crippen molar-refractivity contribution in [2.75, 3.05) is 38.6 Å². The SMILES string of the molecule is CCCN(CCN(C)C)c1ccc(CCl)c(C)n1. The Kier molecular flexibility index (Phi) is 6.44. The molecule has 102 valence electrons. The molecule has 0 spiro atoms. The molecule has 1 aromatic heterocycles. The summed E-state index contributed by atoms with van der Waals surface area (Å²) in [6.07, 6.45) is 1.13. The largest absolute Gasteiger partial charge is 0.355 e. The van der Waals surface area contributed by atoms with E-state index in [1.54, 1.807) is 0 Å². The van der Waals surface area contributed by atoms with Gasteiger partial charge in [0.2, 0.25) is 0 Å². The van der Waals surface area contributed by atoms with Crippen molar-refractivity contribution in [2.45, 2.75) is 26.1 Å². The van der Waals surface area contributed by atoms with Crippen molar-refractivity contribution in [1.82, 2.24) is 9.88 Å². The quantitative estimate of drug-likeness (QED) is 0.710. The highest BCUT2D eigenvalue weighted by molar-refractivity contribution is 6.17. The van der Waals surface area contributed by atoms with Gasteiger partial charge in [-0.3, -0.25) is 0 Å². The lowest BCUT2D eigenvalue weighted by Crippen LogP contribution is -2.33. The molecule has 0 radical (unpaired) electrons. The van der Waals surface area contributed by atoms with Gasteiger partial charge in [0.1, 0.15) is 5.82 Å². The third kappa shape index (κ3) is 4.46. The minimum absolute atomic E-state index is 0.532. The van der Waals surface area contributed by atoms with Crippen LogP contribution in [0.25, 0.3) is 0 Å². The second kappa shape index (κ2) is 7.59. The second-order valence-corrected chi connectivity index (χ2v) is 5.11. The van der Waals surface area contributed by atoms with Crippen LogP contribution in [0.5, 0.6) is 0 Å². The number of pyridine rings is 1. The maximum Gasteiger partial charge on any atom is 0.128 e. The first-order chi connectivity index (χ1) is 8.58. The topological polar surface area (TPSA) is 19.4 Å². The van der Waals surface area contributed by atoms with Crippen molar-refractivity contribution in [1.29, 1.82) is 0 Å². The highest BCUT2D eigenvalue weighted by Crippen LogP contribution is 2.16. The maximum atomic E-state index is 5.87. The zero-order valence-electron chi connectivity index (χ0n) is 11.9. The standard InChI is InChI=1S/C14H24ClN3/c1-5-8-18(10-9-17(3)4)14-7-6-13(11-15)12(2)16-14/h6-7H,5,8-11H2,1-4H3. The van der Waals surface area contributed by atoms with Crippen LogP contribution in [-0.2, 0) is 5.88 Å². The van der Waals surface area contributed by atoms with E-state index >= 15 is 0 Å². The van der Waals surface area contributed by atoms with Gasteiger partial charge in [-0.05, 0) is 39.1 Å². The van der Waals surface area contributed by atoms with Gasteiger partial charge in [-0.25, -0.2) is 4.98 Å². The van der Waals surface area contributed by atoms with Gasteiger partial charge in [0.15, 0.2) is 0 Å². The Balaban J connectivity index is 2.81. The molecular weight excluding hydrogens is 246 g/mol. The third-order valence-electron chi connectivity index (χ3n) is 2.96. The van der Waals surface area contributed by atoms with E-state index in [0.717, 1.165) is 43.1 Å². The molecule has 0 aliphatic carbocycles. The molecule has 0 fully saturated rings. The number of likely N-dealkylation sites (N-methyl/N-ethyl adjacent to an activating group) is 1. The number of hydrogen-bond donors (Lipinski definition) is 0. The predicted octanol–water partition coefficient (Wildman–Crippen LogP) is 2.91. The number of anilines is 1. The summed E-state index contributed by atoms with van der Waals surface area (Å²) < 4.78 is 0. The number of hydrogen-bond acceptors (Lipinski definition) is 3. The van der Waals surface area contributed by atoms with Crippen molar-refractivity contribution in [2.24, 2.45) is 0 Å². The van der Waals surface area contributed by atoms with E-state index in [1.165, 1.54) is 0 Å². The van der Waals surface area contributed by atoms with Crippen LogP contribution in [-0.4, -0.2) is 43.6 Å². The first-order valence-electron chi connectivity index (χ1n) is 6.50. The van der Waals surface area contributed by atoms with Crippen LogP contribution in [0, 0.1) is 6.92 Å². The van der Waals surface area contributed by atoms with Gasteiger partial charge in [-0.15, -0.1) is 11.6 Å². The Labute approximate surface area is 116 Å². The van der Waals surface area contributed by atoms with Crippen molar-refractivity contribution in [3.8, 4) is 0 Å². The molecule has 1 aromatic rings. The Morgan fingerprint density at radius 1 is 1.17 bits per heavy atom. The summed E-state index contributed by atoms with van der Waals surface area (Å²) in [6, 6.07) is 4.17. The van der Waals surface area contributed by atoms with Crippen LogP contribution in [0.2, 0.25) is 0 Å². The van der Waals surface area contributed by atoms with Crippen molar-refractivity contribution < 1.29 is 0 Å². The number of aromatic nitrogens is 1. The van der Waals surface area contributed by atoms with Gasteiger partial charge in [-0.1, -0.05) is 13.0 Å². The van der Waals surface area contributed by atoms with Crippen LogP contribution in [0.4, 0.5) is 5.82 Å². The van der Waals surface area contributed by atoms with Gasteiger partial charge in [-0.2, -0.15) is 0 Å². The molecule has 0 amide bonds. The predicted molar refractivity (Wildman–Crippen MR) is 79.6 cm³/mol. The first-order valence-corrected chi connectivity index (χ1v) is 7.04. The minimum Gasteiger partial charge on any atom is -0.355 e. The van der Waals surface area contributed by atoms with Crippen molar-refractivity contribution in [3.63, 3.8) is 0 Å². The summed E-state index contributed by atoms with van der Waals surface area (Å²) in [4.78, 5) is 9.20. The average molecular weight is 270 g/mol. The highest BCUT2D eigenvalue weighted by atomic mass is 35.5. The van der Waals surface area contributed by atoms with E-state index in [-0.39, 0.29) is 0 Å². The zero-order valence-corrected chi connectivity index (χ0v) is 12.7. The fourth-order valence-corrected chi connectivity index (χ4v) is 2.11.